The number of aliphatic hydroxyl groups excluding tert-OH is 1. The minimum atomic E-state index is -0.144. The van der Waals surface area contributed by atoms with E-state index in [1.807, 2.05) is 6.07 Å². The van der Waals surface area contributed by atoms with Crippen LogP contribution in [0.3, 0.4) is 0 Å². The molecular formula is C15H14ClNO2. The fourth-order valence-electron chi connectivity index (χ4n) is 1.91. The van der Waals surface area contributed by atoms with Gasteiger partial charge in [0.05, 0.1) is 0 Å². The summed E-state index contributed by atoms with van der Waals surface area (Å²) in [6, 6.07) is 11.9. The summed E-state index contributed by atoms with van der Waals surface area (Å²) in [5.41, 5.74) is 8.18. The third-order valence-corrected chi connectivity index (χ3v) is 3.18. The van der Waals surface area contributed by atoms with E-state index >= 15 is 0 Å². The molecule has 2 rings (SSSR count). The van der Waals surface area contributed by atoms with Crippen LogP contribution in [0.25, 0.3) is 0 Å². The highest BCUT2D eigenvalue weighted by atomic mass is 35.5. The Bertz CT molecular complexity index is 594. The van der Waals surface area contributed by atoms with Crippen molar-refractivity contribution in [2.75, 3.05) is 12.3 Å². The van der Waals surface area contributed by atoms with Crippen LogP contribution in [-0.4, -0.2) is 17.5 Å². The van der Waals surface area contributed by atoms with Crippen LogP contribution in [-0.2, 0) is 6.42 Å². The van der Waals surface area contributed by atoms with E-state index in [0.29, 0.717) is 28.3 Å². The van der Waals surface area contributed by atoms with Gasteiger partial charge in [-0.1, -0.05) is 23.7 Å². The molecule has 0 radical (unpaired) electrons. The van der Waals surface area contributed by atoms with Crippen LogP contribution in [0.2, 0.25) is 5.02 Å². The molecule has 0 fully saturated rings. The average Bonchev–Trinajstić information content (AvgIpc) is 2.41. The van der Waals surface area contributed by atoms with Crippen molar-refractivity contribution in [3.63, 3.8) is 0 Å². The first-order valence-corrected chi connectivity index (χ1v) is 6.29. The van der Waals surface area contributed by atoms with Crippen LogP contribution in [0.15, 0.2) is 42.5 Å². The summed E-state index contributed by atoms with van der Waals surface area (Å²) in [7, 11) is 0. The van der Waals surface area contributed by atoms with Gasteiger partial charge in [-0.3, -0.25) is 4.79 Å². The highest BCUT2D eigenvalue weighted by Gasteiger charge is 2.14. The Morgan fingerprint density at radius 3 is 2.47 bits per heavy atom. The summed E-state index contributed by atoms with van der Waals surface area (Å²) in [5, 5.41) is 9.55. The molecule has 0 atom stereocenters. The minimum Gasteiger partial charge on any atom is -0.398 e. The summed E-state index contributed by atoms with van der Waals surface area (Å²) in [6.07, 6.45) is 0.438. The summed E-state index contributed by atoms with van der Waals surface area (Å²) in [4.78, 5) is 12.3. The molecule has 0 heterocycles. The highest BCUT2D eigenvalue weighted by molar-refractivity contribution is 6.30. The maximum atomic E-state index is 12.3. The van der Waals surface area contributed by atoms with E-state index in [2.05, 4.69) is 0 Å². The maximum absolute atomic E-state index is 12.3. The molecule has 0 saturated carbocycles. The Morgan fingerprint density at radius 2 is 1.84 bits per heavy atom. The Morgan fingerprint density at radius 1 is 1.16 bits per heavy atom. The molecule has 3 nitrogen and oxygen atoms in total. The molecule has 3 N–H and O–H groups in total. The number of rotatable bonds is 4. The topological polar surface area (TPSA) is 63.3 Å². The SMILES string of the molecule is Nc1c(CCO)cccc1C(=O)c1ccc(Cl)cc1. The molecule has 98 valence electrons. The van der Waals surface area contributed by atoms with Crippen LogP contribution in [0.1, 0.15) is 21.5 Å². The quantitative estimate of drug-likeness (QED) is 0.666. The van der Waals surface area contributed by atoms with Gasteiger partial charge < -0.3 is 10.8 Å². The van der Waals surface area contributed by atoms with Crippen molar-refractivity contribution in [3.05, 3.63) is 64.2 Å². The minimum absolute atomic E-state index is 0.00277. The van der Waals surface area contributed by atoms with Crippen molar-refractivity contribution in [2.45, 2.75) is 6.42 Å². The van der Waals surface area contributed by atoms with Gasteiger partial charge in [0.1, 0.15) is 0 Å². The molecule has 0 spiro atoms. The van der Waals surface area contributed by atoms with E-state index in [-0.39, 0.29) is 12.4 Å². The molecule has 0 saturated heterocycles. The summed E-state index contributed by atoms with van der Waals surface area (Å²) < 4.78 is 0. The number of nitrogens with two attached hydrogens (primary N) is 1. The Labute approximate surface area is 116 Å². The molecule has 0 bridgehead atoms. The zero-order valence-electron chi connectivity index (χ0n) is 10.3. The number of hydrogen-bond acceptors (Lipinski definition) is 3. The van der Waals surface area contributed by atoms with E-state index in [9.17, 15) is 4.79 Å². The summed E-state index contributed by atoms with van der Waals surface area (Å²) in [6.45, 7) is 0.00277. The molecular weight excluding hydrogens is 262 g/mol. The molecule has 0 aliphatic rings. The number of anilines is 1. The van der Waals surface area contributed by atoms with Gasteiger partial charge >= 0.3 is 0 Å². The third kappa shape index (κ3) is 2.95. The molecule has 0 aromatic heterocycles. The third-order valence-electron chi connectivity index (χ3n) is 2.93. The fourth-order valence-corrected chi connectivity index (χ4v) is 2.03. The van der Waals surface area contributed by atoms with Crippen molar-refractivity contribution < 1.29 is 9.90 Å². The monoisotopic (exact) mass is 275 g/mol. The molecule has 4 heteroatoms. The maximum Gasteiger partial charge on any atom is 0.195 e. The van der Waals surface area contributed by atoms with Gasteiger partial charge in [0.15, 0.2) is 5.78 Å². The van der Waals surface area contributed by atoms with Gasteiger partial charge in [-0.2, -0.15) is 0 Å². The number of ketones is 1. The van der Waals surface area contributed by atoms with Crippen LogP contribution >= 0.6 is 11.6 Å². The number of halogens is 1. The lowest BCUT2D eigenvalue weighted by Crippen LogP contribution is -2.08. The molecule has 2 aromatic carbocycles. The standard InChI is InChI=1S/C15H14ClNO2/c16-12-6-4-11(5-7-12)15(19)13-3-1-2-10(8-9-18)14(13)17/h1-7,18H,8-9,17H2. The second kappa shape index (κ2) is 5.87. The second-order valence-corrected chi connectivity index (χ2v) is 4.62. The molecule has 2 aromatic rings. The average molecular weight is 276 g/mol. The lowest BCUT2D eigenvalue weighted by Gasteiger charge is -2.09. The normalized spacial score (nSPS) is 10.4. The number of hydrogen-bond donors (Lipinski definition) is 2. The predicted molar refractivity (Wildman–Crippen MR) is 76.5 cm³/mol. The number of aliphatic hydroxyl groups is 1. The van der Waals surface area contributed by atoms with Gasteiger partial charge in [0.2, 0.25) is 0 Å². The van der Waals surface area contributed by atoms with E-state index < -0.39 is 0 Å². The fraction of sp³-hybridized carbons (Fsp3) is 0.133. The highest BCUT2D eigenvalue weighted by Crippen LogP contribution is 2.22. The van der Waals surface area contributed by atoms with Gasteiger partial charge in [-0.15, -0.1) is 0 Å². The van der Waals surface area contributed by atoms with E-state index in [1.165, 1.54) is 0 Å². The number of carbonyl (C=O) groups excluding carboxylic acids is 1. The Hall–Kier alpha value is -1.84. The molecule has 0 amide bonds. The van der Waals surface area contributed by atoms with E-state index in [4.69, 9.17) is 22.4 Å². The van der Waals surface area contributed by atoms with Gasteiger partial charge in [-0.05, 0) is 42.3 Å². The molecule has 0 aliphatic heterocycles. The number of para-hydroxylation sites is 1. The smallest absolute Gasteiger partial charge is 0.195 e. The first kappa shape index (κ1) is 13.6. The van der Waals surface area contributed by atoms with E-state index in [0.717, 1.165) is 5.56 Å². The van der Waals surface area contributed by atoms with Crippen LogP contribution in [0, 0.1) is 0 Å². The predicted octanol–water partition coefficient (Wildman–Crippen LogP) is 2.69. The zero-order chi connectivity index (χ0) is 13.8. The van der Waals surface area contributed by atoms with Crippen molar-refractivity contribution in [3.8, 4) is 0 Å². The van der Waals surface area contributed by atoms with Crippen LogP contribution in [0.4, 0.5) is 5.69 Å². The zero-order valence-corrected chi connectivity index (χ0v) is 11.0. The van der Waals surface area contributed by atoms with Crippen molar-refractivity contribution in [1.29, 1.82) is 0 Å². The van der Waals surface area contributed by atoms with Crippen molar-refractivity contribution >= 4 is 23.1 Å². The van der Waals surface area contributed by atoms with Crippen LogP contribution in [0.5, 0.6) is 0 Å². The largest absolute Gasteiger partial charge is 0.398 e. The van der Waals surface area contributed by atoms with E-state index in [1.54, 1.807) is 36.4 Å². The summed E-state index contributed by atoms with van der Waals surface area (Å²) in [5.74, 6) is -0.144. The van der Waals surface area contributed by atoms with Gasteiger partial charge in [0.25, 0.3) is 0 Å². The number of carbonyl (C=O) groups is 1. The first-order valence-electron chi connectivity index (χ1n) is 5.92. The lowest BCUT2D eigenvalue weighted by atomic mass is 9.98. The van der Waals surface area contributed by atoms with Gasteiger partial charge in [-0.25, -0.2) is 0 Å². The number of benzene rings is 2. The molecule has 0 unspecified atom stereocenters. The number of nitrogen functional groups attached to an aromatic ring is 1. The van der Waals surface area contributed by atoms with Crippen molar-refractivity contribution in [1.82, 2.24) is 0 Å². The lowest BCUT2D eigenvalue weighted by molar-refractivity contribution is 0.103. The van der Waals surface area contributed by atoms with Crippen LogP contribution < -0.4 is 5.73 Å². The Kier molecular flexibility index (Phi) is 4.20. The first-order chi connectivity index (χ1) is 9.13. The summed E-state index contributed by atoms with van der Waals surface area (Å²) >= 11 is 5.80. The Balaban J connectivity index is 2.38. The van der Waals surface area contributed by atoms with Crippen molar-refractivity contribution in [2.24, 2.45) is 0 Å². The van der Waals surface area contributed by atoms with Gasteiger partial charge in [0, 0.05) is 28.4 Å². The second-order valence-electron chi connectivity index (χ2n) is 4.19. The molecule has 0 aliphatic carbocycles. The molecule has 19 heavy (non-hydrogen) atoms.